The first kappa shape index (κ1) is 15.4. The highest BCUT2D eigenvalue weighted by atomic mass is 32.1. The average molecular weight is 320 g/mol. The number of H-pyrrole nitrogens is 1. The zero-order chi connectivity index (χ0) is 15.7. The van der Waals surface area contributed by atoms with E-state index in [1.54, 1.807) is 16.2 Å². The van der Waals surface area contributed by atoms with E-state index in [0.717, 1.165) is 60.9 Å². The molecule has 0 saturated carbocycles. The fourth-order valence-corrected chi connectivity index (χ4v) is 4.21. The number of hydrogen-bond acceptors (Lipinski definition) is 3. The summed E-state index contributed by atoms with van der Waals surface area (Å²) in [5, 5.41) is 0.765. The van der Waals surface area contributed by atoms with Crippen molar-refractivity contribution in [2.75, 3.05) is 32.7 Å². The number of thiophene rings is 1. The molecule has 2 aromatic rings. The highest BCUT2D eigenvalue weighted by Gasteiger charge is 2.23. The van der Waals surface area contributed by atoms with E-state index in [1.165, 1.54) is 9.78 Å². The SMILES string of the molecule is C=CC[NH+]1CC[NH+](Cc2nc3sc(C)c(C)c3c(=O)[nH]2)CC1. The Morgan fingerprint density at radius 3 is 2.64 bits per heavy atom. The lowest BCUT2D eigenvalue weighted by Gasteiger charge is -2.28. The number of aromatic nitrogens is 2. The van der Waals surface area contributed by atoms with Crippen LogP contribution in [0.3, 0.4) is 0 Å². The Balaban J connectivity index is 1.75. The van der Waals surface area contributed by atoms with Gasteiger partial charge in [0, 0.05) is 4.88 Å². The molecule has 0 radical (unpaired) electrons. The minimum absolute atomic E-state index is 0.0113. The first-order valence-electron chi connectivity index (χ1n) is 7.85. The summed E-state index contributed by atoms with van der Waals surface area (Å²) in [6.45, 7) is 14.3. The molecular weight excluding hydrogens is 296 g/mol. The van der Waals surface area contributed by atoms with E-state index in [1.807, 2.05) is 19.9 Å². The van der Waals surface area contributed by atoms with Crippen LogP contribution in [0.1, 0.15) is 16.3 Å². The van der Waals surface area contributed by atoms with Gasteiger partial charge >= 0.3 is 0 Å². The van der Waals surface area contributed by atoms with Crippen LogP contribution in [0.25, 0.3) is 10.2 Å². The normalized spacial score (nSPS) is 22.1. The molecular formula is C16H24N4OS+2. The van der Waals surface area contributed by atoms with Crippen molar-refractivity contribution >= 4 is 21.6 Å². The van der Waals surface area contributed by atoms with Crippen LogP contribution < -0.4 is 15.4 Å². The van der Waals surface area contributed by atoms with Gasteiger partial charge in [0.15, 0.2) is 5.82 Å². The van der Waals surface area contributed by atoms with Crippen LogP contribution in [0.15, 0.2) is 17.4 Å². The van der Waals surface area contributed by atoms with Gasteiger partial charge in [-0.3, -0.25) is 4.79 Å². The summed E-state index contributed by atoms with van der Waals surface area (Å²) < 4.78 is 0. The molecule has 3 rings (SSSR count). The predicted octanol–water partition coefficient (Wildman–Crippen LogP) is -0.929. The van der Waals surface area contributed by atoms with Gasteiger partial charge in [-0.2, -0.15) is 0 Å². The van der Waals surface area contributed by atoms with Gasteiger partial charge in [0.25, 0.3) is 5.56 Å². The highest BCUT2D eigenvalue weighted by Crippen LogP contribution is 2.25. The second kappa shape index (κ2) is 6.32. The number of rotatable bonds is 4. The third-order valence-corrected chi connectivity index (χ3v) is 5.70. The summed E-state index contributed by atoms with van der Waals surface area (Å²) >= 11 is 1.62. The number of piperazine rings is 1. The maximum absolute atomic E-state index is 12.3. The third-order valence-electron chi connectivity index (χ3n) is 4.60. The van der Waals surface area contributed by atoms with Crippen molar-refractivity contribution in [2.24, 2.45) is 0 Å². The molecule has 118 valence electrons. The Bertz CT molecular complexity index is 740. The zero-order valence-corrected chi connectivity index (χ0v) is 14.1. The molecule has 5 nitrogen and oxygen atoms in total. The Labute approximate surface area is 134 Å². The number of quaternary nitrogens is 2. The summed E-state index contributed by atoms with van der Waals surface area (Å²) in [6, 6.07) is 0. The third kappa shape index (κ3) is 2.99. The van der Waals surface area contributed by atoms with Gasteiger partial charge in [-0.1, -0.05) is 6.58 Å². The molecule has 0 amide bonds. The second-order valence-corrected chi connectivity index (χ2v) is 7.35. The van der Waals surface area contributed by atoms with Crippen molar-refractivity contribution in [3.8, 4) is 0 Å². The molecule has 1 aliphatic rings. The Morgan fingerprint density at radius 1 is 1.27 bits per heavy atom. The van der Waals surface area contributed by atoms with Crippen molar-refractivity contribution in [1.82, 2.24) is 9.97 Å². The van der Waals surface area contributed by atoms with Gasteiger partial charge in [0.05, 0.1) is 11.9 Å². The summed E-state index contributed by atoms with van der Waals surface area (Å²) in [5.41, 5.74) is 1.08. The fraction of sp³-hybridized carbons (Fsp3) is 0.500. The standard InChI is InChI=1S/C16H22N4OS/c1-4-5-19-6-8-20(9-7-19)10-13-17-15(21)14-11(2)12(3)22-16(14)18-13/h4H,1,5-10H2,2-3H3,(H,17,18,21)/p+2. The summed E-state index contributed by atoms with van der Waals surface area (Å²) in [6.07, 6.45) is 1.99. The van der Waals surface area contributed by atoms with E-state index in [-0.39, 0.29) is 5.56 Å². The van der Waals surface area contributed by atoms with Crippen LogP contribution in [0, 0.1) is 13.8 Å². The van der Waals surface area contributed by atoms with Crippen molar-refractivity contribution in [3.05, 3.63) is 39.3 Å². The topological polar surface area (TPSA) is 54.6 Å². The molecule has 3 heterocycles. The molecule has 0 aliphatic carbocycles. The maximum Gasteiger partial charge on any atom is 0.260 e. The van der Waals surface area contributed by atoms with Crippen LogP contribution in [0.4, 0.5) is 0 Å². The van der Waals surface area contributed by atoms with Crippen molar-refractivity contribution in [2.45, 2.75) is 20.4 Å². The Kier molecular flexibility index (Phi) is 4.42. The van der Waals surface area contributed by atoms with E-state index in [2.05, 4.69) is 16.5 Å². The highest BCUT2D eigenvalue weighted by molar-refractivity contribution is 7.18. The van der Waals surface area contributed by atoms with Gasteiger partial charge < -0.3 is 14.8 Å². The lowest BCUT2D eigenvalue weighted by molar-refractivity contribution is -1.02. The minimum Gasteiger partial charge on any atom is -0.322 e. The molecule has 2 aromatic heterocycles. The number of fused-ring (bicyclic) bond motifs is 1. The fourth-order valence-electron chi connectivity index (χ4n) is 3.16. The molecule has 0 atom stereocenters. The van der Waals surface area contributed by atoms with Crippen molar-refractivity contribution < 1.29 is 9.80 Å². The quantitative estimate of drug-likeness (QED) is 0.638. The predicted molar refractivity (Wildman–Crippen MR) is 89.9 cm³/mol. The summed E-state index contributed by atoms with van der Waals surface area (Å²) in [7, 11) is 0. The van der Waals surface area contributed by atoms with Crippen LogP contribution in [-0.4, -0.2) is 42.7 Å². The van der Waals surface area contributed by atoms with E-state index in [0.29, 0.717) is 0 Å². The summed E-state index contributed by atoms with van der Waals surface area (Å²) in [5.74, 6) is 0.820. The van der Waals surface area contributed by atoms with Gasteiger partial charge in [-0.05, 0) is 25.5 Å². The molecule has 1 fully saturated rings. The van der Waals surface area contributed by atoms with E-state index >= 15 is 0 Å². The molecule has 0 unspecified atom stereocenters. The monoisotopic (exact) mass is 320 g/mol. The van der Waals surface area contributed by atoms with Crippen LogP contribution >= 0.6 is 11.3 Å². The molecule has 6 heteroatoms. The molecule has 3 N–H and O–H groups in total. The largest absolute Gasteiger partial charge is 0.322 e. The summed E-state index contributed by atoms with van der Waals surface area (Å²) in [4.78, 5) is 25.1. The number of aromatic amines is 1. The average Bonchev–Trinajstić information content (AvgIpc) is 2.77. The number of nitrogens with one attached hydrogen (secondary N) is 3. The van der Waals surface area contributed by atoms with E-state index in [4.69, 9.17) is 0 Å². The molecule has 1 aliphatic heterocycles. The molecule has 0 spiro atoms. The number of nitrogens with zero attached hydrogens (tertiary/aromatic N) is 1. The lowest BCUT2D eigenvalue weighted by Crippen LogP contribution is -3.27. The van der Waals surface area contributed by atoms with Crippen LogP contribution in [0.2, 0.25) is 0 Å². The van der Waals surface area contributed by atoms with Crippen molar-refractivity contribution in [1.29, 1.82) is 0 Å². The molecule has 22 heavy (non-hydrogen) atoms. The number of hydrogen-bond donors (Lipinski definition) is 3. The Hall–Kier alpha value is -1.50. The first-order chi connectivity index (χ1) is 10.6. The van der Waals surface area contributed by atoms with Crippen molar-refractivity contribution in [3.63, 3.8) is 0 Å². The molecule has 1 saturated heterocycles. The van der Waals surface area contributed by atoms with Gasteiger partial charge in [0.1, 0.15) is 37.6 Å². The van der Waals surface area contributed by atoms with Gasteiger partial charge in [-0.15, -0.1) is 11.3 Å². The number of aryl methyl sites for hydroxylation is 2. The minimum atomic E-state index is 0.0113. The second-order valence-electron chi connectivity index (χ2n) is 6.15. The smallest absolute Gasteiger partial charge is 0.260 e. The maximum atomic E-state index is 12.3. The first-order valence-corrected chi connectivity index (χ1v) is 8.67. The zero-order valence-electron chi connectivity index (χ0n) is 13.3. The molecule has 0 bridgehead atoms. The Morgan fingerprint density at radius 2 is 1.95 bits per heavy atom. The van der Waals surface area contributed by atoms with E-state index in [9.17, 15) is 4.79 Å². The van der Waals surface area contributed by atoms with Gasteiger partial charge in [0.2, 0.25) is 0 Å². The molecule has 0 aromatic carbocycles. The van der Waals surface area contributed by atoms with E-state index < -0.39 is 0 Å². The van der Waals surface area contributed by atoms with Crippen LogP contribution in [0.5, 0.6) is 0 Å². The van der Waals surface area contributed by atoms with Gasteiger partial charge in [-0.25, -0.2) is 4.98 Å². The van der Waals surface area contributed by atoms with Crippen LogP contribution in [-0.2, 0) is 6.54 Å². The lowest BCUT2D eigenvalue weighted by atomic mass is 10.2.